The van der Waals surface area contributed by atoms with Gasteiger partial charge in [-0.2, -0.15) is 0 Å². The molecule has 0 aliphatic rings. The van der Waals surface area contributed by atoms with Gasteiger partial charge in [-0.1, -0.05) is 0 Å². The van der Waals surface area contributed by atoms with E-state index >= 15 is 0 Å². The number of carboxylic acids is 1. The fourth-order valence-corrected chi connectivity index (χ4v) is 1.35. The number of aromatic nitrogens is 2. The van der Waals surface area contributed by atoms with E-state index in [9.17, 15) is 9.59 Å². The number of benzene rings is 1. The van der Waals surface area contributed by atoms with Crippen molar-refractivity contribution < 1.29 is 14.7 Å². The predicted octanol–water partition coefficient (Wildman–Crippen LogP) is 1.22. The van der Waals surface area contributed by atoms with E-state index in [1.165, 1.54) is 6.33 Å². The molecule has 0 bridgehead atoms. The monoisotopic (exact) mass is 204 g/mol. The molecule has 0 aliphatic heterocycles. The van der Waals surface area contributed by atoms with Gasteiger partial charge in [-0.3, -0.25) is 9.59 Å². The molecule has 76 valence electrons. The number of ketones is 1. The number of carbonyl (C=O) groups excluding carboxylic acids is 1. The van der Waals surface area contributed by atoms with Crippen molar-refractivity contribution in [2.75, 3.05) is 0 Å². The maximum absolute atomic E-state index is 11.4. The Labute approximate surface area is 84.8 Å². The molecule has 0 atom stereocenters. The summed E-state index contributed by atoms with van der Waals surface area (Å²) in [5.41, 5.74) is 1.86. The van der Waals surface area contributed by atoms with Crippen LogP contribution < -0.4 is 0 Å². The van der Waals surface area contributed by atoms with Crippen molar-refractivity contribution in [1.82, 2.24) is 9.97 Å². The number of aliphatic carboxylic acids is 1. The lowest BCUT2D eigenvalue weighted by Crippen LogP contribution is -2.06. The number of hydrogen-bond acceptors (Lipinski definition) is 3. The Morgan fingerprint density at radius 3 is 2.93 bits per heavy atom. The van der Waals surface area contributed by atoms with E-state index in [-0.39, 0.29) is 0 Å². The summed E-state index contributed by atoms with van der Waals surface area (Å²) < 4.78 is 0. The first-order chi connectivity index (χ1) is 7.16. The number of aromatic amines is 1. The van der Waals surface area contributed by atoms with E-state index in [0.29, 0.717) is 5.56 Å². The van der Waals surface area contributed by atoms with Gasteiger partial charge in [-0.15, -0.1) is 0 Å². The summed E-state index contributed by atoms with van der Waals surface area (Å²) in [7, 11) is 0. The molecular formula is C10H8N2O3. The van der Waals surface area contributed by atoms with Gasteiger partial charge in [0.05, 0.1) is 17.4 Å². The van der Waals surface area contributed by atoms with Gasteiger partial charge in [-0.05, 0) is 18.2 Å². The van der Waals surface area contributed by atoms with Gasteiger partial charge in [0.2, 0.25) is 0 Å². The number of carboxylic acid groups (broad SMARTS) is 1. The van der Waals surface area contributed by atoms with Crippen molar-refractivity contribution in [3.05, 3.63) is 30.1 Å². The molecule has 0 amide bonds. The standard InChI is InChI=1S/C10H8N2O3/c13-9(4-10(14)15)6-1-2-7-8(3-6)12-5-11-7/h1-3,5H,4H2,(H,11,12)(H,14,15). The Hall–Kier alpha value is -2.17. The summed E-state index contributed by atoms with van der Waals surface area (Å²) in [6.07, 6.45) is 1.04. The maximum atomic E-state index is 11.4. The molecule has 0 saturated carbocycles. The minimum atomic E-state index is -1.12. The molecule has 0 aliphatic carbocycles. The van der Waals surface area contributed by atoms with Crippen molar-refractivity contribution >= 4 is 22.8 Å². The Morgan fingerprint density at radius 2 is 2.20 bits per heavy atom. The van der Waals surface area contributed by atoms with Gasteiger partial charge < -0.3 is 10.1 Å². The van der Waals surface area contributed by atoms with Crippen molar-refractivity contribution in [2.45, 2.75) is 6.42 Å². The number of carbonyl (C=O) groups is 2. The van der Waals surface area contributed by atoms with Gasteiger partial charge in [-0.25, -0.2) is 4.98 Å². The predicted molar refractivity (Wildman–Crippen MR) is 52.7 cm³/mol. The SMILES string of the molecule is O=C(O)CC(=O)c1ccc2nc[nH]c2c1. The lowest BCUT2D eigenvalue weighted by molar-refractivity contribution is -0.135. The minimum Gasteiger partial charge on any atom is -0.481 e. The van der Waals surface area contributed by atoms with Crippen LogP contribution in [0.15, 0.2) is 24.5 Å². The summed E-state index contributed by atoms with van der Waals surface area (Å²) in [5, 5.41) is 8.48. The Bertz CT molecular complexity index is 530. The van der Waals surface area contributed by atoms with E-state index < -0.39 is 18.2 Å². The van der Waals surface area contributed by atoms with Crippen molar-refractivity contribution in [2.24, 2.45) is 0 Å². The summed E-state index contributed by atoms with van der Waals surface area (Å²) in [5.74, 6) is -1.52. The molecule has 1 heterocycles. The van der Waals surface area contributed by atoms with Crippen LogP contribution in [0.1, 0.15) is 16.8 Å². The number of hydrogen-bond donors (Lipinski definition) is 2. The second-order valence-corrected chi connectivity index (χ2v) is 3.13. The van der Waals surface area contributed by atoms with Crippen LogP contribution in [0, 0.1) is 0 Å². The Morgan fingerprint density at radius 1 is 1.40 bits per heavy atom. The van der Waals surface area contributed by atoms with Crippen molar-refractivity contribution in [3.63, 3.8) is 0 Å². The van der Waals surface area contributed by atoms with Gasteiger partial charge in [0.25, 0.3) is 0 Å². The molecule has 0 radical (unpaired) electrons. The first-order valence-corrected chi connectivity index (χ1v) is 4.35. The quantitative estimate of drug-likeness (QED) is 0.581. The third kappa shape index (κ3) is 1.85. The molecular weight excluding hydrogens is 196 g/mol. The number of nitrogens with zero attached hydrogens (tertiary/aromatic N) is 1. The molecule has 5 nitrogen and oxygen atoms in total. The highest BCUT2D eigenvalue weighted by molar-refractivity contribution is 6.06. The molecule has 1 aromatic heterocycles. The Balaban J connectivity index is 2.35. The third-order valence-electron chi connectivity index (χ3n) is 2.05. The highest BCUT2D eigenvalue weighted by Crippen LogP contribution is 2.12. The molecule has 0 spiro atoms. The summed E-state index contributed by atoms with van der Waals surface area (Å²) >= 11 is 0. The largest absolute Gasteiger partial charge is 0.481 e. The molecule has 5 heteroatoms. The smallest absolute Gasteiger partial charge is 0.311 e. The number of rotatable bonds is 3. The zero-order valence-electron chi connectivity index (χ0n) is 7.73. The van der Waals surface area contributed by atoms with E-state index in [1.54, 1.807) is 18.2 Å². The highest BCUT2D eigenvalue weighted by atomic mass is 16.4. The number of fused-ring (bicyclic) bond motifs is 1. The molecule has 2 N–H and O–H groups in total. The topological polar surface area (TPSA) is 83.0 Å². The number of imidazole rings is 1. The minimum absolute atomic E-state index is 0.383. The van der Waals surface area contributed by atoms with E-state index in [1.807, 2.05) is 0 Å². The van der Waals surface area contributed by atoms with Crippen LogP contribution in [-0.2, 0) is 4.79 Å². The van der Waals surface area contributed by atoms with Crippen LogP contribution in [0.5, 0.6) is 0 Å². The van der Waals surface area contributed by atoms with Gasteiger partial charge in [0.15, 0.2) is 5.78 Å². The average molecular weight is 204 g/mol. The summed E-state index contributed by atoms with van der Waals surface area (Å²) in [6, 6.07) is 4.86. The zero-order valence-corrected chi connectivity index (χ0v) is 7.73. The normalized spacial score (nSPS) is 10.4. The van der Waals surface area contributed by atoms with Crippen molar-refractivity contribution in [1.29, 1.82) is 0 Å². The van der Waals surface area contributed by atoms with Crippen LogP contribution in [0.3, 0.4) is 0 Å². The first kappa shape index (κ1) is 9.39. The lowest BCUT2D eigenvalue weighted by Gasteiger charge is -1.97. The fourth-order valence-electron chi connectivity index (χ4n) is 1.35. The molecule has 1 aromatic carbocycles. The molecule has 0 saturated heterocycles. The fraction of sp³-hybridized carbons (Fsp3) is 0.100. The summed E-state index contributed by atoms with van der Waals surface area (Å²) in [4.78, 5) is 28.6. The summed E-state index contributed by atoms with van der Waals surface area (Å²) in [6.45, 7) is 0. The molecule has 0 unspecified atom stereocenters. The van der Waals surface area contributed by atoms with Crippen LogP contribution in [0.4, 0.5) is 0 Å². The van der Waals surface area contributed by atoms with Gasteiger partial charge >= 0.3 is 5.97 Å². The molecule has 0 fully saturated rings. The molecule has 2 rings (SSSR count). The van der Waals surface area contributed by atoms with Gasteiger partial charge in [0, 0.05) is 5.56 Å². The number of Topliss-reactive ketones (excluding diaryl/α,β-unsaturated/α-hetero) is 1. The zero-order chi connectivity index (χ0) is 10.8. The number of nitrogens with one attached hydrogen (secondary N) is 1. The van der Waals surface area contributed by atoms with E-state index in [4.69, 9.17) is 5.11 Å². The Kier molecular flexibility index (Phi) is 2.21. The van der Waals surface area contributed by atoms with Crippen LogP contribution in [0.2, 0.25) is 0 Å². The second-order valence-electron chi connectivity index (χ2n) is 3.13. The first-order valence-electron chi connectivity index (χ1n) is 4.35. The van der Waals surface area contributed by atoms with Gasteiger partial charge in [0.1, 0.15) is 6.42 Å². The lowest BCUT2D eigenvalue weighted by atomic mass is 10.1. The highest BCUT2D eigenvalue weighted by Gasteiger charge is 2.11. The molecule has 15 heavy (non-hydrogen) atoms. The third-order valence-corrected chi connectivity index (χ3v) is 2.05. The average Bonchev–Trinajstić information content (AvgIpc) is 2.62. The van der Waals surface area contributed by atoms with E-state index in [2.05, 4.69) is 9.97 Å². The van der Waals surface area contributed by atoms with Crippen LogP contribution in [-0.4, -0.2) is 26.8 Å². The molecule has 2 aromatic rings. The number of H-pyrrole nitrogens is 1. The van der Waals surface area contributed by atoms with Crippen LogP contribution in [0.25, 0.3) is 11.0 Å². The van der Waals surface area contributed by atoms with Crippen LogP contribution >= 0.6 is 0 Å². The van der Waals surface area contributed by atoms with E-state index in [0.717, 1.165) is 11.0 Å². The maximum Gasteiger partial charge on any atom is 0.311 e. The second kappa shape index (κ2) is 3.53. The van der Waals surface area contributed by atoms with Crippen molar-refractivity contribution in [3.8, 4) is 0 Å².